The van der Waals surface area contributed by atoms with Crippen molar-refractivity contribution < 1.29 is 4.42 Å². The zero-order chi connectivity index (χ0) is 31.6. The minimum absolute atomic E-state index is 0.381. The van der Waals surface area contributed by atoms with Crippen LogP contribution in [0.15, 0.2) is 186 Å². The third kappa shape index (κ3) is 4.27. The van der Waals surface area contributed by atoms with E-state index in [1.54, 1.807) is 0 Å². The molecule has 8 aromatic rings. The van der Waals surface area contributed by atoms with Crippen LogP contribution in [0.3, 0.4) is 0 Å². The first-order valence-electron chi connectivity index (χ1n) is 16.7. The van der Waals surface area contributed by atoms with E-state index in [0.29, 0.717) is 5.92 Å². The van der Waals surface area contributed by atoms with Gasteiger partial charge in [-0.05, 0) is 98.6 Å². The maximum Gasteiger partial charge on any atom is 0.143 e. The number of hydrogen-bond donors (Lipinski definition) is 0. The molecular formula is C46H31NO. The summed E-state index contributed by atoms with van der Waals surface area (Å²) in [5.41, 5.74) is 9.30. The number of anilines is 2. The van der Waals surface area contributed by atoms with Crippen LogP contribution in [-0.2, 0) is 0 Å². The van der Waals surface area contributed by atoms with Gasteiger partial charge < -0.3 is 9.32 Å². The van der Waals surface area contributed by atoms with Gasteiger partial charge in [-0.3, -0.25) is 0 Å². The Morgan fingerprint density at radius 2 is 1.25 bits per heavy atom. The molecule has 0 radical (unpaired) electrons. The summed E-state index contributed by atoms with van der Waals surface area (Å²) in [4.78, 5) is 2.44. The van der Waals surface area contributed by atoms with Crippen molar-refractivity contribution in [1.29, 1.82) is 0 Å². The van der Waals surface area contributed by atoms with E-state index >= 15 is 0 Å². The molecule has 0 amide bonds. The second-order valence-electron chi connectivity index (χ2n) is 12.9. The van der Waals surface area contributed by atoms with E-state index in [0.717, 1.165) is 45.1 Å². The lowest BCUT2D eigenvalue weighted by atomic mass is 9.86. The van der Waals surface area contributed by atoms with Gasteiger partial charge >= 0.3 is 0 Å². The monoisotopic (exact) mass is 613 g/mol. The van der Waals surface area contributed by atoms with Gasteiger partial charge in [0, 0.05) is 39.1 Å². The van der Waals surface area contributed by atoms with E-state index in [1.165, 1.54) is 49.3 Å². The number of allylic oxidation sites excluding steroid dienone is 8. The minimum atomic E-state index is 0.381. The minimum Gasteiger partial charge on any atom is -0.455 e. The highest BCUT2D eigenvalue weighted by Crippen LogP contribution is 2.42. The number of fused-ring (bicyclic) bond motifs is 10. The molecule has 48 heavy (non-hydrogen) atoms. The van der Waals surface area contributed by atoms with Gasteiger partial charge in [0.15, 0.2) is 0 Å². The molecule has 7 aromatic carbocycles. The topological polar surface area (TPSA) is 16.4 Å². The molecule has 0 saturated carbocycles. The lowest BCUT2D eigenvalue weighted by Gasteiger charge is -2.33. The average molecular weight is 614 g/mol. The summed E-state index contributed by atoms with van der Waals surface area (Å²) in [5, 5.41) is 9.65. The fourth-order valence-corrected chi connectivity index (χ4v) is 7.81. The molecule has 0 aliphatic heterocycles. The maximum absolute atomic E-state index is 6.44. The zero-order valence-electron chi connectivity index (χ0n) is 26.3. The van der Waals surface area contributed by atoms with Gasteiger partial charge in [-0.25, -0.2) is 0 Å². The Kier molecular flexibility index (Phi) is 6.04. The molecule has 2 nitrogen and oxygen atoms in total. The Labute approximate surface area is 278 Å². The second kappa shape index (κ2) is 10.7. The van der Waals surface area contributed by atoms with Crippen molar-refractivity contribution >= 4 is 65.6 Å². The summed E-state index contributed by atoms with van der Waals surface area (Å²) in [7, 11) is 0. The van der Waals surface area contributed by atoms with Crippen LogP contribution in [0.25, 0.3) is 65.4 Å². The highest BCUT2D eigenvalue weighted by molar-refractivity contribution is 6.26. The Bertz CT molecular complexity index is 2690. The van der Waals surface area contributed by atoms with Crippen molar-refractivity contribution in [3.63, 3.8) is 0 Å². The first kappa shape index (κ1) is 27.0. The molecule has 1 heterocycles. The largest absolute Gasteiger partial charge is 0.455 e. The fraction of sp³-hybridized carbons (Fsp3) is 0.0435. The van der Waals surface area contributed by atoms with Crippen LogP contribution < -0.4 is 4.90 Å². The molecule has 0 saturated heterocycles. The summed E-state index contributed by atoms with van der Waals surface area (Å²) < 4.78 is 6.44. The van der Waals surface area contributed by atoms with Crippen LogP contribution in [0.4, 0.5) is 11.4 Å². The van der Waals surface area contributed by atoms with Crippen LogP contribution in [0.1, 0.15) is 6.42 Å². The van der Waals surface area contributed by atoms with Crippen molar-refractivity contribution in [2.75, 3.05) is 4.90 Å². The normalized spacial score (nSPS) is 15.7. The number of rotatable bonds is 4. The molecule has 2 aliphatic rings. The third-order valence-corrected chi connectivity index (χ3v) is 10.2. The first-order chi connectivity index (χ1) is 23.8. The SMILES string of the molecule is C1=CC2=CC=C(N(c3ccc(-c4ccccc4)cc3)c3ccc4c(ccc5ccc6c(ccc7c8ccccc8oc76)c54)c3)CC2C=C1. The van der Waals surface area contributed by atoms with Gasteiger partial charge in [0.05, 0.1) is 0 Å². The first-order valence-corrected chi connectivity index (χ1v) is 16.7. The smallest absolute Gasteiger partial charge is 0.143 e. The van der Waals surface area contributed by atoms with Gasteiger partial charge in [-0.1, -0.05) is 121 Å². The summed E-state index contributed by atoms with van der Waals surface area (Å²) >= 11 is 0. The van der Waals surface area contributed by atoms with E-state index in [9.17, 15) is 0 Å². The van der Waals surface area contributed by atoms with Gasteiger partial charge in [0.25, 0.3) is 0 Å². The molecule has 1 atom stereocenters. The van der Waals surface area contributed by atoms with E-state index in [2.05, 4.69) is 169 Å². The molecule has 1 unspecified atom stereocenters. The number of benzene rings is 7. The second-order valence-corrected chi connectivity index (χ2v) is 12.9. The van der Waals surface area contributed by atoms with Gasteiger partial charge in [-0.2, -0.15) is 0 Å². The van der Waals surface area contributed by atoms with Crippen molar-refractivity contribution in [2.45, 2.75) is 6.42 Å². The number of nitrogens with zero attached hydrogens (tertiary/aromatic N) is 1. The van der Waals surface area contributed by atoms with Gasteiger partial charge in [0.2, 0.25) is 0 Å². The molecule has 0 fully saturated rings. The molecule has 0 bridgehead atoms. The number of hydrogen-bond acceptors (Lipinski definition) is 2. The molecule has 2 heteroatoms. The Morgan fingerprint density at radius 1 is 0.542 bits per heavy atom. The summed E-state index contributed by atoms with van der Waals surface area (Å²) in [5.74, 6) is 0.381. The van der Waals surface area contributed by atoms with Crippen LogP contribution in [0, 0.1) is 5.92 Å². The van der Waals surface area contributed by atoms with Crippen LogP contribution in [0.5, 0.6) is 0 Å². The average Bonchev–Trinajstić information content (AvgIpc) is 3.54. The predicted molar refractivity (Wildman–Crippen MR) is 203 cm³/mol. The fourth-order valence-electron chi connectivity index (χ4n) is 7.81. The highest BCUT2D eigenvalue weighted by atomic mass is 16.3. The lowest BCUT2D eigenvalue weighted by Crippen LogP contribution is -2.21. The van der Waals surface area contributed by atoms with Crippen LogP contribution in [-0.4, -0.2) is 0 Å². The number of para-hydroxylation sites is 1. The molecular weight excluding hydrogens is 583 g/mol. The molecule has 226 valence electrons. The van der Waals surface area contributed by atoms with Crippen molar-refractivity contribution in [2.24, 2.45) is 5.92 Å². The molecule has 0 N–H and O–H groups in total. The van der Waals surface area contributed by atoms with Gasteiger partial charge in [0.1, 0.15) is 11.2 Å². The Morgan fingerprint density at radius 3 is 2.17 bits per heavy atom. The molecule has 10 rings (SSSR count). The summed E-state index contributed by atoms with van der Waals surface area (Å²) in [6.07, 6.45) is 14.4. The predicted octanol–water partition coefficient (Wildman–Crippen LogP) is 12.8. The molecule has 1 aromatic heterocycles. The van der Waals surface area contributed by atoms with E-state index in [1.807, 2.05) is 6.07 Å². The zero-order valence-corrected chi connectivity index (χ0v) is 26.3. The highest BCUT2D eigenvalue weighted by Gasteiger charge is 2.23. The van der Waals surface area contributed by atoms with Gasteiger partial charge in [-0.15, -0.1) is 0 Å². The standard InChI is InChI=1S/C46H31NO/c1-2-8-30(9-3-1)32-16-20-36(21-17-32)47(37-22-18-31-10-4-5-11-34(31)28-37)38-23-25-39-35(29-38)15-14-33-19-24-43-41(45(33)39)26-27-42-40-12-6-7-13-44(40)48-46(42)43/h1-27,29,34H,28H2. The maximum atomic E-state index is 6.44. The lowest BCUT2D eigenvalue weighted by molar-refractivity contribution is 0.672. The van der Waals surface area contributed by atoms with E-state index < -0.39 is 0 Å². The van der Waals surface area contributed by atoms with E-state index in [4.69, 9.17) is 4.42 Å². The quantitative estimate of drug-likeness (QED) is 0.184. The third-order valence-electron chi connectivity index (χ3n) is 10.2. The Hall–Kier alpha value is -6.12. The van der Waals surface area contributed by atoms with Crippen molar-refractivity contribution in [3.05, 3.63) is 181 Å². The molecule has 2 aliphatic carbocycles. The van der Waals surface area contributed by atoms with E-state index in [-0.39, 0.29) is 0 Å². The molecule has 0 spiro atoms. The van der Waals surface area contributed by atoms with Crippen LogP contribution in [0.2, 0.25) is 0 Å². The summed E-state index contributed by atoms with van der Waals surface area (Å²) in [6, 6.07) is 48.4. The van der Waals surface area contributed by atoms with Crippen LogP contribution >= 0.6 is 0 Å². The summed E-state index contributed by atoms with van der Waals surface area (Å²) in [6.45, 7) is 0. The van der Waals surface area contributed by atoms with Crippen molar-refractivity contribution in [1.82, 2.24) is 0 Å². The van der Waals surface area contributed by atoms with Crippen molar-refractivity contribution in [3.8, 4) is 11.1 Å². The number of furan rings is 1. The Balaban J connectivity index is 1.14.